The zero-order chi connectivity index (χ0) is 16.8. The largest absolute Gasteiger partial charge is 0.496 e. The molecule has 2 rings (SSSR count). The van der Waals surface area contributed by atoms with Crippen LogP contribution in [0.4, 0.5) is 0 Å². The van der Waals surface area contributed by atoms with Crippen molar-refractivity contribution in [3.63, 3.8) is 0 Å². The molecule has 0 unspecified atom stereocenters. The van der Waals surface area contributed by atoms with Crippen molar-refractivity contribution in [2.45, 2.75) is 46.2 Å². The van der Waals surface area contributed by atoms with Gasteiger partial charge < -0.3 is 10.1 Å². The molecular formula is C18H25N3O2. The Bertz CT molecular complexity index is 664. The number of hydrogen-bond acceptors (Lipinski definition) is 3. The summed E-state index contributed by atoms with van der Waals surface area (Å²) in [5.41, 5.74) is 3.16. The molecule has 1 heterocycles. The van der Waals surface area contributed by atoms with E-state index in [9.17, 15) is 4.79 Å². The predicted octanol–water partition coefficient (Wildman–Crippen LogP) is 2.65. The Morgan fingerprint density at radius 1 is 1.35 bits per heavy atom. The molecule has 0 saturated carbocycles. The Kier molecular flexibility index (Phi) is 5.79. The van der Waals surface area contributed by atoms with E-state index in [1.165, 1.54) is 0 Å². The number of hydrogen-bond donors (Lipinski definition) is 1. The zero-order valence-electron chi connectivity index (χ0n) is 14.3. The van der Waals surface area contributed by atoms with Gasteiger partial charge in [0.15, 0.2) is 0 Å². The molecular weight excluding hydrogens is 290 g/mol. The van der Waals surface area contributed by atoms with Crippen LogP contribution in [0.3, 0.4) is 0 Å². The lowest BCUT2D eigenvalue weighted by atomic mass is 10.1. The van der Waals surface area contributed by atoms with Gasteiger partial charge in [-0.2, -0.15) is 5.10 Å². The monoisotopic (exact) mass is 315 g/mol. The highest BCUT2D eigenvalue weighted by atomic mass is 16.5. The first-order chi connectivity index (χ1) is 11.0. The summed E-state index contributed by atoms with van der Waals surface area (Å²) in [5.74, 6) is 0.876. The Balaban J connectivity index is 1.83. The van der Waals surface area contributed by atoms with Crippen LogP contribution >= 0.6 is 0 Å². The van der Waals surface area contributed by atoms with Crippen LogP contribution in [-0.4, -0.2) is 28.8 Å². The molecule has 0 aliphatic carbocycles. The topological polar surface area (TPSA) is 56.1 Å². The minimum atomic E-state index is 0.0400. The van der Waals surface area contributed by atoms with Crippen molar-refractivity contribution >= 4 is 5.91 Å². The summed E-state index contributed by atoms with van der Waals surface area (Å²) in [6.45, 7) is 6.67. The van der Waals surface area contributed by atoms with Crippen LogP contribution in [0.1, 0.15) is 30.3 Å². The van der Waals surface area contributed by atoms with Crippen molar-refractivity contribution in [1.82, 2.24) is 15.1 Å². The number of amides is 1. The summed E-state index contributed by atoms with van der Waals surface area (Å²) >= 11 is 0. The lowest BCUT2D eigenvalue weighted by Crippen LogP contribution is -2.36. The molecule has 1 N–H and O–H groups in total. The number of aryl methyl sites for hydroxylation is 3. The second-order valence-corrected chi connectivity index (χ2v) is 5.89. The fourth-order valence-electron chi connectivity index (χ4n) is 2.67. The van der Waals surface area contributed by atoms with Crippen molar-refractivity contribution in [1.29, 1.82) is 0 Å². The molecule has 0 aliphatic rings. The molecule has 23 heavy (non-hydrogen) atoms. The van der Waals surface area contributed by atoms with Gasteiger partial charge >= 0.3 is 0 Å². The number of ether oxygens (including phenoxy) is 1. The van der Waals surface area contributed by atoms with Gasteiger partial charge in [0.1, 0.15) is 5.75 Å². The van der Waals surface area contributed by atoms with E-state index < -0.39 is 0 Å². The molecule has 5 nitrogen and oxygen atoms in total. The molecule has 2 aromatic rings. The maximum atomic E-state index is 12.1. The predicted molar refractivity (Wildman–Crippen MR) is 90.6 cm³/mol. The van der Waals surface area contributed by atoms with Gasteiger partial charge in [0.2, 0.25) is 5.91 Å². The highest BCUT2D eigenvalue weighted by Crippen LogP contribution is 2.18. The van der Waals surface area contributed by atoms with Crippen LogP contribution in [-0.2, 0) is 17.8 Å². The van der Waals surface area contributed by atoms with Crippen LogP contribution in [0.15, 0.2) is 30.3 Å². The molecule has 0 saturated heterocycles. The van der Waals surface area contributed by atoms with Crippen LogP contribution in [0.5, 0.6) is 5.75 Å². The number of carbonyl (C=O) groups excluding carboxylic acids is 1. The summed E-state index contributed by atoms with van der Waals surface area (Å²) in [6.07, 6.45) is 1.12. The number of nitrogens with zero attached hydrogens (tertiary/aromatic N) is 2. The summed E-state index contributed by atoms with van der Waals surface area (Å²) in [5, 5.41) is 7.45. The number of para-hydroxylation sites is 1. The first-order valence-corrected chi connectivity index (χ1v) is 7.92. The van der Waals surface area contributed by atoms with E-state index in [-0.39, 0.29) is 11.9 Å². The van der Waals surface area contributed by atoms with E-state index in [4.69, 9.17) is 4.74 Å². The van der Waals surface area contributed by atoms with Crippen molar-refractivity contribution < 1.29 is 9.53 Å². The summed E-state index contributed by atoms with van der Waals surface area (Å²) in [4.78, 5) is 12.1. The van der Waals surface area contributed by atoms with Gasteiger partial charge in [0.25, 0.3) is 0 Å². The van der Waals surface area contributed by atoms with E-state index in [0.29, 0.717) is 19.4 Å². The fourth-order valence-corrected chi connectivity index (χ4v) is 2.67. The van der Waals surface area contributed by atoms with Crippen LogP contribution in [0.25, 0.3) is 0 Å². The number of aromatic nitrogens is 2. The van der Waals surface area contributed by atoms with E-state index in [1.54, 1.807) is 7.11 Å². The molecule has 0 radical (unpaired) electrons. The van der Waals surface area contributed by atoms with Gasteiger partial charge in [0.05, 0.1) is 19.3 Å². The van der Waals surface area contributed by atoms with Gasteiger partial charge in [-0.25, -0.2) is 0 Å². The van der Waals surface area contributed by atoms with E-state index >= 15 is 0 Å². The summed E-state index contributed by atoms with van der Waals surface area (Å²) in [6, 6.07) is 9.87. The lowest BCUT2D eigenvalue weighted by Gasteiger charge is -2.15. The SMILES string of the molecule is COc1ccccc1CCC(=O)N[C@H](C)Cn1nc(C)cc1C. The van der Waals surface area contributed by atoms with Gasteiger partial charge in [-0.15, -0.1) is 0 Å². The molecule has 1 aromatic carbocycles. The number of methoxy groups -OCH3 is 1. The average Bonchev–Trinajstić information content (AvgIpc) is 2.82. The van der Waals surface area contributed by atoms with Crippen LogP contribution < -0.4 is 10.1 Å². The maximum absolute atomic E-state index is 12.1. The average molecular weight is 315 g/mol. The van der Waals surface area contributed by atoms with Gasteiger partial charge in [0, 0.05) is 18.2 Å². The van der Waals surface area contributed by atoms with Gasteiger partial charge in [-0.1, -0.05) is 18.2 Å². The van der Waals surface area contributed by atoms with E-state index in [0.717, 1.165) is 22.7 Å². The molecule has 1 amide bonds. The molecule has 0 bridgehead atoms. The third kappa shape index (κ3) is 4.84. The molecule has 0 fully saturated rings. The lowest BCUT2D eigenvalue weighted by molar-refractivity contribution is -0.121. The summed E-state index contributed by atoms with van der Waals surface area (Å²) < 4.78 is 7.24. The van der Waals surface area contributed by atoms with E-state index in [2.05, 4.69) is 10.4 Å². The van der Waals surface area contributed by atoms with Crippen molar-refractivity contribution in [3.05, 3.63) is 47.3 Å². The third-order valence-corrected chi connectivity index (χ3v) is 3.77. The second kappa shape index (κ2) is 7.81. The molecule has 5 heteroatoms. The van der Waals surface area contributed by atoms with Crippen molar-refractivity contribution in [2.24, 2.45) is 0 Å². The van der Waals surface area contributed by atoms with Crippen molar-refractivity contribution in [3.8, 4) is 5.75 Å². The zero-order valence-corrected chi connectivity index (χ0v) is 14.3. The molecule has 0 spiro atoms. The number of carbonyl (C=O) groups is 1. The highest BCUT2D eigenvalue weighted by Gasteiger charge is 2.11. The minimum Gasteiger partial charge on any atom is -0.496 e. The second-order valence-electron chi connectivity index (χ2n) is 5.89. The number of nitrogens with one attached hydrogen (secondary N) is 1. The van der Waals surface area contributed by atoms with Crippen LogP contribution in [0.2, 0.25) is 0 Å². The fraction of sp³-hybridized carbons (Fsp3) is 0.444. The first kappa shape index (κ1) is 17.1. The highest BCUT2D eigenvalue weighted by molar-refractivity contribution is 5.76. The number of rotatable bonds is 7. The van der Waals surface area contributed by atoms with Gasteiger partial charge in [-0.05, 0) is 44.9 Å². The molecule has 1 aromatic heterocycles. The Morgan fingerprint density at radius 2 is 2.09 bits per heavy atom. The Labute approximate surface area is 137 Å². The maximum Gasteiger partial charge on any atom is 0.220 e. The minimum absolute atomic E-state index is 0.0400. The normalized spacial score (nSPS) is 12.0. The Hall–Kier alpha value is -2.30. The first-order valence-electron chi connectivity index (χ1n) is 7.92. The van der Waals surface area contributed by atoms with Crippen molar-refractivity contribution in [2.75, 3.05) is 7.11 Å². The number of benzene rings is 1. The quantitative estimate of drug-likeness (QED) is 0.854. The van der Waals surface area contributed by atoms with Crippen LogP contribution in [0, 0.1) is 13.8 Å². The molecule has 1 atom stereocenters. The smallest absolute Gasteiger partial charge is 0.220 e. The van der Waals surface area contributed by atoms with Gasteiger partial charge in [-0.3, -0.25) is 9.48 Å². The van der Waals surface area contributed by atoms with E-state index in [1.807, 2.05) is 55.8 Å². The third-order valence-electron chi connectivity index (χ3n) is 3.77. The summed E-state index contributed by atoms with van der Waals surface area (Å²) in [7, 11) is 1.65. The Morgan fingerprint density at radius 3 is 2.74 bits per heavy atom. The standard InChI is InChI=1S/C18H25N3O2/c1-13-11-15(3)21(20-13)12-14(2)19-18(22)10-9-16-7-5-6-8-17(16)23-4/h5-8,11,14H,9-10,12H2,1-4H3,(H,19,22)/t14-/m1/s1. The molecule has 124 valence electrons. The molecule has 0 aliphatic heterocycles.